The molecule has 2 heteroatoms. The number of benzene rings is 1. The van der Waals surface area contributed by atoms with Crippen LogP contribution in [0.1, 0.15) is 83.5 Å². The molecule has 1 aromatic rings. The van der Waals surface area contributed by atoms with Gasteiger partial charge in [0.05, 0.1) is 5.69 Å². The van der Waals surface area contributed by atoms with Gasteiger partial charge in [-0.05, 0) is 67.6 Å². The molecule has 0 amide bonds. The Labute approximate surface area is 161 Å². The zero-order valence-corrected chi connectivity index (χ0v) is 17.3. The van der Waals surface area contributed by atoms with Crippen molar-refractivity contribution in [1.82, 2.24) is 0 Å². The van der Waals surface area contributed by atoms with Gasteiger partial charge in [0.15, 0.2) is 0 Å². The largest absolute Gasteiger partial charge is 0.261 e. The van der Waals surface area contributed by atoms with E-state index in [1.807, 2.05) is 0 Å². The highest BCUT2D eigenvalue weighted by Gasteiger charge is 2.41. The molecule has 0 radical (unpaired) electrons. The highest BCUT2D eigenvalue weighted by molar-refractivity contribution is 7.60. The van der Waals surface area contributed by atoms with Crippen molar-refractivity contribution in [2.45, 2.75) is 100 Å². The van der Waals surface area contributed by atoms with Gasteiger partial charge in [-0.25, -0.2) is 0 Å². The van der Waals surface area contributed by atoms with Crippen molar-refractivity contribution >= 4 is 19.8 Å². The average molecular weight is 370 g/mol. The summed E-state index contributed by atoms with van der Waals surface area (Å²) < 4.78 is 0. The predicted octanol–water partition coefficient (Wildman–Crippen LogP) is 7.70. The molecule has 0 bridgehead atoms. The van der Waals surface area contributed by atoms with Crippen molar-refractivity contribution < 1.29 is 0 Å². The van der Waals surface area contributed by atoms with Gasteiger partial charge < -0.3 is 0 Å². The van der Waals surface area contributed by atoms with Crippen LogP contribution in [0.25, 0.3) is 0 Å². The van der Waals surface area contributed by atoms with Gasteiger partial charge in [-0.3, -0.25) is 4.99 Å². The molecule has 0 aliphatic heterocycles. The third-order valence-corrected chi connectivity index (χ3v) is 11.2. The average Bonchev–Trinajstić information content (AvgIpc) is 3.17. The zero-order valence-electron chi connectivity index (χ0n) is 16.4. The van der Waals surface area contributed by atoms with Crippen LogP contribution in [0, 0.1) is 5.92 Å². The molecule has 142 valence electrons. The van der Waals surface area contributed by atoms with Crippen LogP contribution >= 0.6 is 7.92 Å². The summed E-state index contributed by atoms with van der Waals surface area (Å²) >= 11 is 0. The normalized spacial score (nSPS) is 29.0. The highest BCUT2D eigenvalue weighted by atomic mass is 31.1. The van der Waals surface area contributed by atoms with Crippen LogP contribution < -0.4 is 0 Å². The summed E-state index contributed by atoms with van der Waals surface area (Å²) in [5.74, 6) is 0.755. The minimum atomic E-state index is 0.191. The van der Waals surface area contributed by atoms with E-state index >= 15 is 0 Å². The Morgan fingerprint density at radius 2 is 1.31 bits per heavy atom. The van der Waals surface area contributed by atoms with Gasteiger partial charge in [-0.2, -0.15) is 0 Å². The molecule has 0 heterocycles. The summed E-state index contributed by atoms with van der Waals surface area (Å²) in [4.78, 5) is 4.90. The Bertz CT molecular complexity index is 539. The summed E-state index contributed by atoms with van der Waals surface area (Å²) in [6, 6.07) is 10.6. The highest BCUT2D eigenvalue weighted by Crippen LogP contribution is 2.63. The third-order valence-electron chi connectivity index (χ3n) is 7.08. The van der Waals surface area contributed by atoms with E-state index in [2.05, 4.69) is 36.5 Å². The Morgan fingerprint density at radius 3 is 1.92 bits per heavy atom. The molecule has 0 N–H and O–H groups in total. The molecule has 1 aromatic carbocycles. The van der Waals surface area contributed by atoms with Gasteiger partial charge in [0.1, 0.15) is 0 Å². The Kier molecular flexibility index (Phi) is 6.82. The number of hydrogen-bond acceptors (Lipinski definition) is 1. The second-order valence-electron chi connectivity index (χ2n) is 8.81. The minimum absolute atomic E-state index is 0.191. The first-order valence-electron chi connectivity index (χ1n) is 11.3. The second-order valence-corrected chi connectivity index (χ2v) is 11.8. The van der Waals surface area contributed by atoms with Crippen molar-refractivity contribution in [3.8, 4) is 0 Å². The standard InChI is InChI=1S/C24H36NP/c1-4-12-21(13-5-1)25-19-20-11-10-18-24(20)26(22-14-6-2-7-15-22)23-16-8-3-9-17-23/h1,4-5,12-13,19-20,22-24H,2-3,6-11,14-18H2. The number of nitrogens with zero attached hydrogens (tertiary/aromatic N) is 1. The predicted molar refractivity (Wildman–Crippen MR) is 116 cm³/mol. The lowest BCUT2D eigenvalue weighted by Crippen LogP contribution is -2.29. The topological polar surface area (TPSA) is 12.4 Å². The summed E-state index contributed by atoms with van der Waals surface area (Å²) in [6.45, 7) is 0. The molecule has 3 aliphatic rings. The van der Waals surface area contributed by atoms with Crippen molar-refractivity contribution in [3.05, 3.63) is 30.3 Å². The van der Waals surface area contributed by atoms with Gasteiger partial charge in [-0.15, -0.1) is 0 Å². The number of rotatable bonds is 5. The second kappa shape index (κ2) is 9.50. The smallest absolute Gasteiger partial charge is 0.0625 e. The SMILES string of the molecule is C(=Nc1ccccc1)C1CCCC1P(C1CCCCC1)C1CCCCC1. The maximum Gasteiger partial charge on any atom is 0.0625 e. The lowest BCUT2D eigenvalue weighted by Gasteiger charge is -2.43. The van der Waals surface area contributed by atoms with Crippen LogP contribution in [0.2, 0.25) is 0 Å². The summed E-state index contributed by atoms with van der Waals surface area (Å²) in [6.07, 6.45) is 21.9. The fourth-order valence-corrected chi connectivity index (χ4v) is 10.6. The fraction of sp³-hybridized carbons (Fsp3) is 0.708. The van der Waals surface area contributed by atoms with Gasteiger partial charge in [0.2, 0.25) is 0 Å². The summed E-state index contributed by atoms with van der Waals surface area (Å²) in [5.41, 5.74) is 4.27. The first kappa shape index (κ1) is 18.7. The summed E-state index contributed by atoms with van der Waals surface area (Å²) in [5, 5.41) is 0. The van der Waals surface area contributed by atoms with E-state index in [1.165, 1.54) is 57.8 Å². The van der Waals surface area contributed by atoms with E-state index < -0.39 is 0 Å². The Hall–Kier alpha value is -0.680. The number of aliphatic imine (C=N–C) groups is 1. The zero-order chi connectivity index (χ0) is 17.6. The molecule has 3 saturated carbocycles. The molecule has 1 nitrogen and oxygen atoms in total. The number of para-hydroxylation sites is 1. The molecule has 26 heavy (non-hydrogen) atoms. The molecular formula is C24H36NP. The van der Waals surface area contributed by atoms with Crippen LogP contribution in [0.15, 0.2) is 35.3 Å². The van der Waals surface area contributed by atoms with E-state index in [0.29, 0.717) is 0 Å². The van der Waals surface area contributed by atoms with Crippen LogP contribution in [-0.2, 0) is 0 Å². The van der Waals surface area contributed by atoms with Gasteiger partial charge >= 0.3 is 0 Å². The van der Waals surface area contributed by atoms with E-state index in [1.54, 1.807) is 25.7 Å². The van der Waals surface area contributed by atoms with Crippen LogP contribution in [0.4, 0.5) is 5.69 Å². The third kappa shape index (κ3) is 4.59. The minimum Gasteiger partial charge on any atom is -0.261 e. The molecule has 2 atom stereocenters. The van der Waals surface area contributed by atoms with E-state index in [4.69, 9.17) is 4.99 Å². The lowest BCUT2D eigenvalue weighted by atomic mass is 9.99. The molecule has 0 saturated heterocycles. The maximum atomic E-state index is 4.90. The van der Waals surface area contributed by atoms with Gasteiger partial charge in [-0.1, -0.05) is 71.1 Å². The molecule has 4 rings (SSSR count). The van der Waals surface area contributed by atoms with E-state index in [9.17, 15) is 0 Å². The molecule has 3 fully saturated rings. The Balaban J connectivity index is 1.51. The Morgan fingerprint density at radius 1 is 0.692 bits per heavy atom. The molecule has 0 aromatic heterocycles. The van der Waals surface area contributed by atoms with Crippen molar-refractivity contribution in [1.29, 1.82) is 0 Å². The van der Waals surface area contributed by atoms with Crippen LogP contribution in [-0.4, -0.2) is 23.2 Å². The van der Waals surface area contributed by atoms with Crippen LogP contribution in [0.3, 0.4) is 0 Å². The summed E-state index contributed by atoms with van der Waals surface area (Å²) in [7, 11) is 0.191. The number of hydrogen-bond donors (Lipinski definition) is 0. The van der Waals surface area contributed by atoms with E-state index in [0.717, 1.165) is 28.6 Å². The molecular weight excluding hydrogens is 333 g/mol. The first-order valence-corrected chi connectivity index (χ1v) is 12.8. The quantitative estimate of drug-likeness (QED) is 0.372. The maximum absolute atomic E-state index is 4.90. The molecule has 3 aliphatic carbocycles. The van der Waals surface area contributed by atoms with Crippen molar-refractivity contribution in [2.24, 2.45) is 10.9 Å². The van der Waals surface area contributed by atoms with Gasteiger partial charge in [0.25, 0.3) is 0 Å². The van der Waals surface area contributed by atoms with E-state index in [-0.39, 0.29) is 7.92 Å². The van der Waals surface area contributed by atoms with Crippen molar-refractivity contribution in [2.75, 3.05) is 0 Å². The van der Waals surface area contributed by atoms with Gasteiger partial charge in [0, 0.05) is 12.1 Å². The van der Waals surface area contributed by atoms with Crippen LogP contribution in [0.5, 0.6) is 0 Å². The fourth-order valence-electron chi connectivity index (χ4n) is 5.81. The monoisotopic (exact) mass is 369 g/mol. The molecule has 2 unspecified atom stereocenters. The van der Waals surface area contributed by atoms with Crippen molar-refractivity contribution in [3.63, 3.8) is 0 Å². The first-order chi connectivity index (χ1) is 12.9. The molecule has 0 spiro atoms. The lowest BCUT2D eigenvalue weighted by molar-refractivity contribution is 0.478.